The molecule has 2 aromatic heterocycles. The van der Waals surface area contributed by atoms with E-state index in [0.717, 1.165) is 44.1 Å². The Hall–Kier alpha value is -2.17. The number of pyridine rings is 1. The Bertz CT molecular complexity index is 842. The van der Waals surface area contributed by atoms with Gasteiger partial charge in [-0.1, -0.05) is 51.6 Å². The Morgan fingerprint density at radius 2 is 1.77 bits per heavy atom. The van der Waals surface area contributed by atoms with Crippen LogP contribution in [0.1, 0.15) is 38.4 Å². The van der Waals surface area contributed by atoms with Crippen molar-refractivity contribution in [3.63, 3.8) is 0 Å². The largest absolute Gasteiger partial charge is 0.314 e. The van der Waals surface area contributed by atoms with E-state index in [1.165, 1.54) is 16.8 Å². The molecule has 3 heterocycles. The molecule has 1 aromatic carbocycles. The second-order valence-electron chi connectivity index (χ2n) is 7.14. The second kappa shape index (κ2) is 8.02. The van der Waals surface area contributed by atoms with Crippen LogP contribution in [0, 0.1) is 0 Å². The first-order chi connectivity index (χ1) is 12.2. The van der Waals surface area contributed by atoms with Crippen molar-refractivity contribution in [2.75, 3.05) is 26.2 Å². The molecule has 0 spiro atoms. The fourth-order valence-electron chi connectivity index (χ4n) is 3.54. The number of imidazole rings is 1. The Morgan fingerprint density at radius 3 is 2.46 bits per heavy atom. The molecule has 3 aromatic rings. The van der Waals surface area contributed by atoms with E-state index in [-0.39, 0.29) is 7.43 Å². The molecule has 0 unspecified atom stereocenters. The van der Waals surface area contributed by atoms with Gasteiger partial charge in [0.25, 0.3) is 0 Å². The third kappa shape index (κ3) is 3.67. The normalized spacial score (nSPS) is 15.3. The smallest absolute Gasteiger partial charge is 0.137 e. The van der Waals surface area contributed by atoms with Gasteiger partial charge >= 0.3 is 0 Å². The molecule has 0 saturated carbocycles. The summed E-state index contributed by atoms with van der Waals surface area (Å²) in [4.78, 5) is 7.46. The van der Waals surface area contributed by atoms with E-state index >= 15 is 0 Å². The molecule has 138 valence electrons. The van der Waals surface area contributed by atoms with Crippen LogP contribution in [0.3, 0.4) is 0 Å². The van der Waals surface area contributed by atoms with Crippen LogP contribution >= 0.6 is 0 Å². The predicted molar refractivity (Wildman–Crippen MR) is 110 cm³/mol. The van der Waals surface area contributed by atoms with Gasteiger partial charge in [0.1, 0.15) is 5.65 Å². The van der Waals surface area contributed by atoms with Gasteiger partial charge in [-0.2, -0.15) is 0 Å². The molecular formula is C22H30N4. The number of benzene rings is 1. The summed E-state index contributed by atoms with van der Waals surface area (Å²) in [5.41, 5.74) is 6.00. The lowest BCUT2D eigenvalue weighted by molar-refractivity contribution is 0.230. The maximum absolute atomic E-state index is 4.94. The Labute approximate surface area is 156 Å². The van der Waals surface area contributed by atoms with Crippen molar-refractivity contribution >= 4 is 5.65 Å². The standard InChI is InChI=1S/C21H26N4.CH4/c1-16(2)17-6-8-18(9-7-17)21-19(15-24-13-10-22-11-14-24)25-12-4-3-5-20(25)23-21;/h3-9,12,16,22H,10-11,13-15H2,1-2H3;1H4. The summed E-state index contributed by atoms with van der Waals surface area (Å²) in [7, 11) is 0. The number of rotatable bonds is 4. The molecule has 26 heavy (non-hydrogen) atoms. The van der Waals surface area contributed by atoms with Gasteiger partial charge in [0, 0.05) is 44.5 Å². The molecule has 4 rings (SSSR count). The highest BCUT2D eigenvalue weighted by molar-refractivity contribution is 5.67. The van der Waals surface area contributed by atoms with Gasteiger partial charge in [-0.15, -0.1) is 0 Å². The third-order valence-corrected chi connectivity index (χ3v) is 5.06. The minimum absolute atomic E-state index is 0. The molecular weight excluding hydrogens is 320 g/mol. The number of nitrogens with one attached hydrogen (secondary N) is 1. The fraction of sp³-hybridized carbons (Fsp3) is 0.409. The predicted octanol–water partition coefficient (Wildman–Crippen LogP) is 4.17. The van der Waals surface area contributed by atoms with Crippen LogP contribution in [-0.2, 0) is 6.54 Å². The van der Waals surface area contributed by atoms with Crippen LogP contribution in [0.15, 0.2) is 48.7 Å². The molecule has 4 heteroatoms. The first-order valence-electron chi connectivity index (χ1n) is 9.22. The second-order valence-corrected chi connectivity index (χ2v) is 7.14. The van der Waals surface area contributed by atoms with Crippen molar-refractivity contribution in [1.82, 2.24) is 19.6 Å². The van der Waals surface area contributed by atoms with Crippen LogP contribution in [0.2, 0.25) is 0 Å². The molecule has 0 atom stereocenters. The highest BCUT2D eigenvalue weighted by atomic mass is 15.2. The quantitative estimate of drug-likeness (QED) is 0.767. The van der Waals surface area contributed by atoms with E-state index < -0.39 is 0 Å². The molecule has 1 saturated heterocycles. The molecule has 1 N–H and O–H groups in total. The number of piperazine rings is 1. The van der Waals surface area contributed by atoms with Gasteiger partial charge in [0.2, 0.25) is 0 Å². The van der Waals surface area contributed by atoms with Gasteiger partial charge in [0.05, 0.1) is 11.4 Å². The fourth-order valence-corrected chi connectivity index (χ4v) is 3.54. The molecule has 1 aliphatic heterocycles. The summed E-state index contributed by atoms with van der Waals surface area (Å²) in [6.07, 6.45) is 2.13. The molecule has 0 aliphatic carbocycles. The van der Waals surface area contributed by atoms with E-state index in [1.807, 2.05) is 0 Å². The van der Waals surface area contributed by atoms with Crippen molar-refractivity contribution in [2.45, 2.75) is 33.7 Å². The minimum Gasteiger partial charge on any atom is -0.314 e. The third-order valence-electron chi connectivity index (χ3n) is 5.06. The van der Waals surface area contributed by atoms with E-state index in [4.69, 9.17) is 4.98 Å². The van der Waals surface area contributed by atoms with E-state index in [0.29, 0.717) is 5.92 Å². The Kier molecular flexibility index (Phi) is 5.74. The monoisotopic (exact) mass is 350 g/mol. The lowest BCUT2D eigenvalue weighted by atomic mass is 10.0. The Morgan fingerprint density at radius 1 is 1.04 bits per heavy atom. The van der Waals surface area contributed by atoms with E-state index in [2.05, 4.69) is 77.1 Å². The lowest BCUT2D eigenvalue weighted by Gasteiger charge is -2.27. The summed E-state index contributed by atoms with van der Waals surface area (Å²) < 4.78 is 2.24. The summed E-state index contributed by atoms with van der Waals surface area (Å²) >= 11 is 0. The molecule has 0 amide bonds. The number of fused-ring (bicyclic) bond motifs is 1. The van der Waals surface area contributed by atoms with Crippen LogP contribution in [0.25, 0.3) is 16.9 Å². The van der Waals surface area contributed by atoms with Gasteiger partial charge in [-0.3, -0.25) is 4.90 Å². The van der Waals surface area contributed by atoms with Crippen LogP contribution < -0.4 is 5.32 Å². The van der Waals surface area contributed by atoms with Crippen molar-refractivity contribution < 1.29 is 0 Å². The summed E-state index contributed by atoms with van der Waals surface area (Å²) in [5, 5.41) is 3.43. The number of hydrogen-bond acceptors (Lipinski definition) is 3. The number of aromatic nitrogens is 2. The summed E-state index contributed by atoms with van der Waals surface area (Å²) in [6.45, 7) is 9.71. The minimum atomic E-state index is 0. The number of hydrogen-bond donors (Lipinski definition) is 1. The highest BCUT2D eigenvalue weighted by Crippen LogP contribution is 2.27. The number of nitrogens with zero attached hydrogens (tertiary/aromatic N) is 3. The molecule has 0 bridgehead atoms. The van der Waals surface area contributed by atoms with Crippen molar-refractivity contribution in [2.24, 2.45) is 0 Å². The van der Waals surface area contributed by atoms with Crippen LogP contribution in [0.4, 0.5) is 0 Å². The topological polar surface area (TPSA) is 32.6 Å². The summed E-state index contributed by atoms with van der Waals surface area (Å²) in [6, 6.07) is 15.1. The molecule has 1 aliphatic rings. The maximum atomic E-state index is 4.94. The first kappa shape index (κ1) is 18.6. The van der Waals surface area contributed by atoms with E-state index in [9.17, 15) is 0 Å². The Balaban J connectivity index is 0.00000196. The summed E-state index contributed by atoms with van der Waals surface area (Å²) in [5.74, 6) is 0.551. The molecule has 0 radical (unpaired) electrons. The SMILES string of the molecule is C.CC(C)c1ccc(-c2nc3ccccn3c2CN2CCNCC2)cc1. The van der Waals surface area contributed by atoms with Crippen molar-refractivity contribution in [1.29, 1.82) is 0 Å². The lowest BCUT2D eigenvalue weighted by Crippen LogP contribution is -2.43. The molecule has 1 fully saturated rings. The van der Waals surface area contributed by atoms with Gasteiger partial charge < -0.3 is 9.72 Å². The van der Waals surface area contributed by atoms with Crippen LogP contribution in [-0.4, -0.2) is 40.5 Å². The average Bonchev–Trinajstić information content (AvgIpc) is 3.01. The maximum Gasteiger partial charge on any atom is 0.137 e. The average molecular weight is 351 g/mol. The molecule has 4 nitrogen and oxygen atoms in total. The zero-order valence-electron chi connectivity index (χ0n) is 15.1. The highest BCUT2D eigenvalue weighted by Gasteiger charge is 2.18. The van der Waals surface area contributed by atoms with Crippen molar-refractivity contribution in [3.8, 4) is 11.3 Å². The first-order valence-corrected chi connectivity index (χ1v) is 9.22. The van der Waals surface area contributed by atoms with Gasteiger partial charge in [-0.05, 0) is 23.6 Å². The van der Waals surface area contributed by atoms with Crippen LogP contribution in [0.5, 0.6) is 0 Å². The van der Waals surface area contributed by atoms with E-state index in [1.54, 1.807) is 0 Å². The van der Waals surface area contributed by atoms with Gasteiger partial charge in [-0.25, -0.2) is 4.98 Å². The zero-order valence-corrected chi connectivity index (χ0v) is 15.1. The zero-order chi connectivity index (χ0) is 17.2. The van der Waals surface area contributed by atoms with Crippen molar-refractivity contribution in [3.05, 3.63) is 59.9 Å². The van der Waals surface area contributed by atoms with Gasteiger partial charge in [0.15, 0.2) is 0 Å².